The summed E-state index contributed by atoms with van der Waals surface area (Å²) in [5.74, 6) is -0.199. The van der Waals surface area contributed by atoms with Gasteiger partial charge in [-0.05, 0) is 29.7 Å². The van der Waals surface area contributed by atoms with Crippen LogP contribution in [-0.4, -0.2) is 5.91 Å². The zero-order chi connectivity index (χ0) is 13.7. The van der Waals surface area contributed by atoms with Gasteiger partial charge in [-0.1, -0.05) is 49.4 Å². The smallest absolute Gasteiger partial charge is 0.245 e. The second kappa shape index (κ2) is 6.16. The number of hydrogen-bond donors (Lipinski definition) is 2. The van der Waals surface area contributed by atoms with Crippen molar-refractivity contribution in [3.63, 3.8) is 0 Å². The van der Waals surface area contributed by atoms with Gasteiger partial charge in [0.25, 0.3) is 0 Å². The third kappa shape index (κ3) is 3.42. The lowest BCUT2D eigenvalue weighted by Crippen LogP contribution is -2.27. The topological polar surface area (TPSA) is 55.1 Å². The summed E-state index contributed by atoms with van der Waals surface area (Å²) in [6, 6.07) is 16.5. The van der Waals surface area contributed by atoms with Gasteiger partial charge in [-0.2, -0.15) is 0 Å². The number of rotatable bonds is 4. The summed E-state index contributed by atoms with van der Waals surface area (Å²) >= 11 is 0. The Morgan fingerprint density at radius 2 is 1.74 bits per heavy atom. The summed E-state index contributed by atoms with van der Waals surface area (Å²) in [6.07, 6.45) is 0.984. The Balaban J connectivity index is 2.04. The minimum absolute atomic E-state index is 0.199. The maximum Gasteiger partial charge on any atom is 0.245 e. The molecule has 0 aliphatic carbocycles. The van der Waals surface area contributed by atoms with E-state index >= 15 is 0 Å². The molecule has 1 atom stereocenters. The van der Waals surface area contributed by atoms with Crippen molar-refractivity contribution in [3.05, 3.63) is 65.7 Å². The SMILES string of the molecule is CCc1ccc(NC(=O)[C@H](N)c2ccccc2)cc1. The summed E-state index contributed by atoms with van der Waals surface area (Å²) in [4.78, 5) is 12.0. The van der Waals surface area contributed by atoms with Gasteiger partial charge >= 0.3 is 0 Å². The largest absolute Gasteiger partial charge is 0.324 e. The molecule has 19 heavy (non-hydrogen) atoms. The highest BCUT2D eigenvalue weighted by molar-refractivity contribution is 5.95. The first-order valence-corrected chi connectivity index (χ1v) is 6.41. The van der Waals surface area contributed by atoms with Crippen LogP contribution in [0.15, 0.2) is 54.6 Å². The summed E-state index contributed by atoms with van der Waals surface area (Å²) < 4.78 is 0. The number of carbonyl (C=O) groups is 1. The van der Waals surface area contributed by atoms with Crippen molar-refractivity contribution in [2.45, 2.75) is 19.4 Å². The number of anilines is 1. The zero-order valence-electron chi connectivity index (χ0n) is 11.0. The number of benzene rings is 2. The number of nitrogens with one attached hydrogen (secondary N) is 1. The van der Waals surface area contributed by atoms with E-state index in [1.165, 1.54) is 5.56 Å². The molecular weight excluding hydrogens is 236 g/mol. The fourth-order valence-corrected chi connectivity index (χ4v) is 1.86. The van der Waals surface area contributed by atoms with E-state index in [-0.39, 0.29) is 5.91 Å². The molecule has 1 amide bonds. The molecule has 0 aliphatic rings. The van der Waals surface area contributed by atoms with Crippen LogP contribution in [0.2, 0.25) is 0 Å². The van der Waals surface area contributed by atoms with Crippen molar-refractivity contribution < 1.29 is 4.79 Å². The summed E-state index contributed by atoms with van der Waals surface area (Å²) in [5.41, 5.74) is 8.75. The van der Waals surface area contributed by atoms with Crippen molar-refractivity contribution >= 4 is 11.6 Å². The molecule has 0 bridgehead atoms. The maximum atomic E-state index is 12.0. The van der Waals surface area contributed by atoms with Crippen LogP contribution in [-0.2, 0) is 11.2 Å². The van der Waals surface area contributed by atoms with Crippen molar-refractivity contribution in [2.75, 3.05) is 5.32 Å². The van der Waals surface area contributed by atoms with Crippen LogP contribution in [0.1, 0.15) is 24.1 Å². The predicted molar refractivity (Wildman–Crippen MR) is 77.8 cm³/mol. The van der Waals surface area contributed by atoms with Crippen LogP contribution in [0.3, 0.4) is 0 Å². The molecule has 0 heterocycles. The average molecular weight is 254 g/mol. The zero-order valence-corrected chi connectivity index (χ0v) is 11.0. The van der Waals surface area contributed by atoms with E-state index < -0.39 is 6.04 Å². The number of amides is 1. The Morgan fingerprint density at radius 1 is 1.11 bits per heavy atom. The molecule has 2 aromatic carbocycles. The normalized spacial score (nSPS) is 11.9. The number of nitrogens with two attached hydrogens (primary N) is 1. The molecule has 3 nitrogen and oxygen atoms in total. The van der Waals surface area contributed by atoms with E-state index in [4.69, 9.17) is 5.73 Å². The maximum absolute atomic E-state index is 12.0. The Kier molecular flexibility index (Phi) is 4.31. The molecule has 0 saturated heterocycles. The highest BCUT2D eigenvalue weighted by atomic mass is 16.2. The number of carbonyl (C=O) groups excluding carboxylic acids is 1. The molecule has 2 rings (SSSR count). The minimum atomic E-state index is -0.646. The van der Waals surface area contributed by atoms with E-state index in [1.54, 1.807) is 0 Å². The molecule has 0 saturated carbocycles. The minimum Gasteiger partial charge on any atom is -0.324 e. The molecule has 0 aliphatic heterocycles. The molecule has 0 aromatic heterocycles. The summed E-state index contributed by atoms with van der Waals surface area (Å²) in [7, 11) is 0. The van der Waals surface area contributed by atoms with E-state index in [0.29, 0.717) is 0 Å². The monoisotopic (exact) mass is 254 g/mol. The Hall–Kier alpha value is -2.13. The predicted octanol–water partition coefficient (Wildman–Crippen LogP) is 2.89. The summed E-state index contributed by atoms with van der Waals surface area (Å²) in [5, 5.41) is 2.83. The van der Waals surface area contributed by atoms with Crippen LogP contribution in [0.5, 0.6) is 0 Å². The summed E-state index contributed by atoms with van der Waals surface area (Å²) in [6.45, 7) is 2.10. The average Bonchev–Trinajstić information content (AvgIpc) is 2.48. The van der Waals surface area contributed by atoms with Crippen LogP contribution in [0.4, 0.5) is 5.69 Å². The van der Waals surface area contributed by atoms with Gasteiger partial charge in [-0.3, -0.25) is 4.79 Å². The highest BCUT2D eigenvalue weighted by Gasteiger charge is 2.15. The van der Waals surface area contributed by atoms with Gasteiger partial charge in [0.05, 0.1) is 0 Å². The Labute approximate surface area is 113 Å². The van der Waals surface area contributed by atoms with Crippen molar-refractivity contribution in [2.24, 2.45) is 5.73 Å². The molecule has 98 valence electrons. The van der Waals surface area contributed by atoms with Crippen molar-refractivity contribution in [3.8, 4) is 0 Å². The van der Waals surface area contributed by atoms with Crippen LogP contribution < -0.4 is 11.1 Å². The van der Waals surface area contributed by atoms with E-state index in [9.17, 15) is 4.79 Å². The van der Waals surface area contributed by atoms with Gasteiger partial charge in [-0.15, -0.1) is 0 Å². The van der Waals surface area contributed by atoms with Gasteiger partial charge in [0.2, 0.25) is 5.91 Å². The standard InChI is InChI=1S/C16H18N2O/c1-2-12-8-10-14(11-9-12)18-16(19)15(17)13-6-4-3-5-7-13/h3-11,15H,2,17H2,1H3,(H,18,19)/t15-/m1/s1. The van der Waals surface area contributed by atoms with E-state index in [0.717, 1.165) is 17.7 Å². The molecule has 3 heteroatoms. The number of aryl methyl sites for hydroxylation is 1. The van der Waals surface area contributed by atoms with E-state index in [1.807, 2.05) is 54.6 Å². The second-order valence-electron chi connectivity index (χ2n) is 4.43. The van der Waals surface area contributed by atoms with Gasteiger partial charge < -0.3 is 11.1 Å². The fourth-order valence-electron chi connectivity index (χ4n) is 1.86. The first kappa shape index (κ1) is 13.3. The molecule has 0 radical (unpaired) electrons. The molecular formula is C16H18N2O. The lowest BCUT2D eigenvalue weighted by molar-refractivity contribution is -0.117. The first-order chi connectivity index (χ1) is 9.20. The molecule has 3 N–H and O–H groups in total. The van der Waals surface area contributed by atoms with Gasteiger partial charge in [0.1, 0.15) is 6.04 Å². The van der Waals surface area contributed by atoms with Crippen molar-refractivity contribution in [1.82, 2.24) is 0 Å². The van der Waals surface area contributed by atoms with Crippen LogP contribution in [0, 0.1) is 0 Å². The van der Waals surface area contributed by atoms with Gasteiger partial charge in [-0.25, -0.2) is 0 Å². The second-order valence-corrected chi connectivity index (χ2v) is 4.43. The first-order valence-electron chi connectivity index (χ1n) is 6.41. The highest BCUT2D eigenvalue weighted by Crippen LogP contribution is 2.14. The molecule has 0 spiro atoms. The quantitative estimate of drug-likeness (QED) is 0.881. The van der Waals surface area contributed by atoms with Crippen LogP contribution >= 0.6 is 0 Å². The fraction of sp³-hybridized carbons (Fsp3) is 0.188. The van der Waals surface area contributed by atoms with Gasteiger partial charge in [0, 0.05) is 5.69 Å². The molecule has 2 aromatic rings. The molecule has 0 unspecified atom stereocenters. The molecule has 0 fully saturated rings. The Bertz CT molecular complexity index is 534. The lowest BCUT2D eigenvalue weighted by Gasteiger charge is -2.12. The third-order valence-electron chi connectivity index (χ3n) is 3.07. The van der Waals surface area contributed by atoms with E-state index in [2.05, 4.69) is 12.2 Å². The van der Waals surface area contributed by atoms with Crippen molar-refractivity contribution in [1.29, 1.82) is 0 Å². The Morgan fingerprint density at radius 3 is 2.32 bits per heavy atom. The number of hydrogen-bond acceptors (Lipinski definition) is 2. The third-order valence-corrected chi connectivity index (χ3v) is 3.07. The van der Waals surface area contributed by atoms with Gasteiger partial charge in [0.15, 0.2) is 0 Å². The lowest BCUT2D eigenvalue weighted by atomic mass is 10.1. The van der Waals surface area contributed by atoms with Crippen LogP contribution in [0.25, 0.3) is 0 Å².